The Kier molecular flexibility index (Phi) is 4.70. The Bertz CT molecular complexity index is 474. The van der Waals surface area contributed by atoms with Gasteiger partial charge >= 0.3 is 12.1 Å². The number of likely N-dealkylation sites (N-methyl/N-ethyl adjacent to an activating group) is 1. The third-order valence-electron chi connectivity index (χ3n) is 5.08. The van der Waals surface area contributed by atoms with Crippen molar-refractivity contribution >= 4 is 18.0 Å². The third kappa shape index (κ3) is 3.26. The molecule has 0 atom stereocenters. The van der Waals surface area contributed by atoms with Gasteiger partial charge in [-0.3, -0.25) is 9.69 Å². The number of piperidine rings is 1. The van der Waals surface area contributed by atoms with E-state index in [1.165, 1.54) is 4.90 Å². The van der Waals surface area contributed by atoms with Gasteiger partial charge in [-0.1, -0.05) is 0 Å². The monoisotopic (exact) mass is 323 g/mol. The highest BCUT2D eigenvalue weighted by Crippen LogP contribution is 2.21. The summed E-state index contributed by atoms with van der Waals surface area (Å²) in [7, 11) is 0. The summed E-state index contributed by atoms with van der Waals surface area (Å²) in [4.78, 5) is 42.8. The number of nitrogens with one attached hydrogen (secondary N) is 1. The second kappa shape index (κ2) is 6.74. The van der Waals surface area contributed by atoms with Crippen molar-refractivity contribution in [2.24, 2.45) is 0 Å². The minimum Gasteiger partial charge on any atom is -0.329 e. The number of nitrogens with zero attached hydrogens (tertiary/aromatic N) is 4. The predicted octanol–water partition coefficient (Wildman–Crippen LogP) is -0.240. The van der Waals surface area contributed by atoms with Crippen molar-refractivity contribution in [2.45, 2.75) is 25.8 Å². The van der Waals surface area contributed by atoms with E-state index in [1.54, 1.807) is 0 Å². The highest BCUT2D eigenvalue weighted by Gasteiger charge is 2.35. The molecule has 0 aromatic carbocycles. The maximum atomic E-state index is 12.2. The van der Waals surface area contributed by atoms with Gasteiger partial charge in [0.2, 0.25) is 5.91 Å². The van der Waals surface area contributed by atoms with Crippen molar-refractivity contribution < 1.29 is 14.4 Å². The molecular weight excluding hydrogens is 298 g/mol. The van der Waals surface area contributed by atoms with E-state index in [0.717, 1.165) is 45.6 Å². The smallest absolute Gasteiger partial charge is 0.324 e. The lowest BCUT2D eigenvalue weighted by atomic mass is 10.0. The lowest BCUT2D eigenvalue weighted by molar-refractivity contribution is -0.125. The van der Waals surface area contributed by atoms with Crippen LogP contribution in [0.4, 0.5) is 9.59 Å². The van der Waals surface area contributed by atoms with E-state index in [1.807, 2.05) is 16.7 Å². The molecule has 128 valence electrons. The van der Waals surface area contributed by atoms with Gasteiger partial charge in [-0.15, -0.1) is 0 Å². The Labute approximate surface area is 136 Å². The first-order valence-corrected chi connectivity index (χ1v) is 8.46. The first kappa shape index (κ1) is 16.0. The van der Waals surface area contributed by atoms with Crippen LogP contribution in [0, 0.1) is 0 Å². The second-order valence-electron chi connectivity index (χ2n) is 6.33. The molecule has 0 unspecified atom stereocenters. The molecule has 3 aliphatic rings. The van der Waals surface area contributed by atoms with Gasteiger partial charge in [0.15, 0.2) is 0 Å². The first-order valence-electron chi connectivity index (χ1n) is 8.46. The fraction of sp³-hybridized carbons (Fsp3) is 0.800. The zero-order valence-corrected chi connectivity index (χ0v) is 13.7. The van der Waals surface area contributed by atoms with Gasteiger partial charge in [-0.25, -0.2) is 9.59 Å². The molecule has 3 fully saturated rings. The highest BCUT2D eigenvalue weighted by atomic mass is 16.2. The number of hydrogen-bond donors (Lipinski definition) is 1. The molecule has 23 heavy (non-hydrogen) atoms. The largest absolute Gasteiger partial charge is 0.329 e. The van der Waals surface area contributed by atoms with Crippen LogP contribution >= 0.6 is 0 Å². The van der Waals surface area contributed by atoms with E-state index in [9.17, 15) is 14.4 Å². The Morgan fingerprint density at radius 2 is 1.78 bits per heavy atom. The Morgan fingerprint density at radius 1 is 1.04 bits per heavy atom. The summed E-state index contributed by atoms with van der Waals surface area (Å²) >= 11 is 0. The third-order valence-corrected chi connectivity index (χ3v) is 5.08. The molecule has 1 N–H and O–H groups in total. The van der Waals surface area contributed by atoms with E-state index >= 15 is 0 Å². The molecule has 0 aliphatic carbocycles. The fourth-order valence-corrected chi connectivity index (χ4v) is 3.61. The number of carbonyl (C=O) groups is 3. The molecular formula is C15H25N5O3. The first-order chi connectivity index (χ1) is 11.1. The number of urea groups is 2. The fourth-order valence-electron chi connectivity index (χ4n) is 3.61. The van der Waals surface area contributed by atoms with Gasteiger partial charge < -0.3 is 20.0 Å². The molecule has 3 heterocycles. The van der Waals surface area contributed by atoms with Crippen LogP contribution in [0.3, 0.4) is 0 Å². The zero-order valence-electron chi connectivity index (χ0n) is 13.7. The zero-order chi connectivity index (χ0) is 16.4. The van der Waals surface area contributed by atoms with Crippen molar-refractivity contribution in [2.75, 3.05) is 52.4 Å². The number of carbonyl (C=O) groups excluding carboxylic acids is 3. The van der Waals surface area contributed by atoms with Crippen LogP contribution in [-0.4, -0.2) is 96.0 Å². The molecule has 8 nitrogen and oxygen atoms in total. The summed E-state index contributed by atoms with van der Waals surface area (Å²) in [5.74, 6) is -0.146. The van der Waals surface area contributed by atoms with Crippen molar-refractivity contribution in [3.8, 4) is 0 Å². The molecule has 8 heteroatoms. The second-order valence-corrected chi connectivity index (χ2v) is 6.33. The maximum Gasteiger partial charge on any atom is 0.324 e. The van der Waals surface area contributed by atoms with Gasteiger partial charge in [0.1, 0.15) is 0 Å². The SMILES string of the molecule is CCN1CCN(C2CCN(CCN3C(=O)CNC3=O)CC2)C1=O. The molecule has 3 aliphatic heterocycles. The topological polar surface area (TPSA) is 76.2 Å². The van der Waals surface area contributed by atoms with Crippen LogP contribution in [0.15, 0.2) is 0 Å². The van der Waals surface area contributed by atoms with Crippen LogP contribution < -0.4 is 5.32 Å². The minimum atomic E-state index is -0.285. The molecule has 3 saturated heterocycles. The molecule has 0 spiro atoms. The molecule has 0 aromatic heterocycles. The molecule has 0 saturated carbocycles. The summed E-state index contributed by atoms with van der Waals surface area (Å²) in [6.07, 6.45) is 1.92. The van der Waals surface area contributed by atoms with Crippen molar-refractivity contribution in [1.29, 1.82) is 0 Å². The molecule has 0 radical (unpaired) electrons. The van der Waals surface area contributed by atoms with Crippen molar-refractivity contribution in [3.05, 3.63) is 0 Å². The number of imide groups is 1. The highest BCUT2D eigenvalue weighted by molar-refractivity contribution is 6.01. The van der Waals surface area contributed by atoms with E-state index in [-0.39, 0.29) is 24.5 Å². The minimum absolute atomic E-state index is 0.117. The lowest BCUT2D eigenvalue weighted by Gasteiger charge is -2.36. The van der Waals surface area contributed by atoms with Crippen LogP contribution in [0.5, 0.6) is 0 Å². The van der Waals surface area contributed by atoms with Crippen LogP contribution in [0.2, 0.25) is 0 Å². The average molecular weight is 323 g/mol. The number of rotatable bonds is 5. The van der Waals surface area contributed by atoms with E-state index in [0.29, 0.717) is 19.1 Å². The van der Waals surface area contributed by atoms with Gasteiger partial charge in [0.05, 0.1) is 6.54 Å². The normalized spacial score (nSPS) is 24.0. The van der Waals surface area contributed by atoms with Gasteiger partial charge in [0.25, 0.3) is 0 Å². The lowest BCUT2D eigenvalue weighted by Crippen LogP contribution is -2.48. The predicted molar refractivity (Wildman–Crippen MR) is 83.9 cm³/mol. The summed E-state index contributed by atoms with van der Waals surface area (Å²) in [5.41, 5.74) is 0. The maximum absolute atomic E-state index is 12.2. The van der Waals surface area contributed by atoms with Crippen LogP contribution in [-0.2, 0) is 4.79 Å². The number of likely N-dealkylation sites (tertiary alicyclic amines) is 1. The summed E-state index contributed by atoms with van der Waals surface area (Å²) < 4.78 is 0. The standard InChI is InChI=1S/C15H25N5O3/c1-2-18-8-10-19(15(18)23)12-3-5-17(6-4-12)7-9-20-13(21)11-16-14(20)22/h12H,2-11H2,1H3,(H,16,22). The van der Waals surface area contributed by atoms with Crippen molar-refractivity contribution in [3.63, 3.8) is 0 Å². The van der Waals surface area contributed by atoms with E-state index < -0.39 is 0 Å². The van der Waals surface area contributed by atoms with Crippen LogP contribution in [0.25, 0.3) is 0 Å². The Hall–Kier alpha value is -1.83. The quantitative estimate of drug-likeness (QED) is 0.709. The number of hydrogen-bond acceptors (Lipinski definition) is 4. The average Bonchev–Trinajstić information content (AvgIpc) is 3.09. The van der Waals surface area contributed by atoms with Crippen LogP contribution in [0.1, 0.15) is 19.8 Å². The van der Waals surface area contributed by atoms with Crippen molar-refractivity contribution in [1.82, 2.24) is 24.9 Å². The Morgan fingerprint density at radius 3 is 2.35 bits per heavy atom. The van der Waals surface area contributed by atoms with Gasteiger partial charge in [-0.2, -0.15) is 0 Å². The van der Waals surface area contributed by atoms with Gasteiger partial charge in [0, 0.05) is 51.9 Å². The Balaban J connectivity index is 1.43. The summed E-state index contributed by atoms with van der Waals surface area (Å²) in [6, 6.07) is 0.213. The molecule has 5 amide bonds. The summed E-state index contributed by atoms with van der Waals surface area (Å²) in [5, 5.41) is 2.54. The van der Waals surface area contributed by atoms with Gasteiger partial charge in [-0.05, 0) is 19.8 Å². The van der Waals surface area contributed by atoms with E-state index in [2.05, 4.69) is 10.2 Å². The molecule has 0 aromatic rings. The summed E-state index contributed by atoms with van der Waals surface area (Å²) in [6.45, 7) is 7.55. The molecule has 0 bridgehead atoms. The van der Waals surface area contributed by atoms with E-state index in [4.69, 9.17) is 0 Å². The molecule has 3 rings (SSSR count). The number of amides is 5.